The summed E-state index contributed by atoms with van der Waals surface area (Å²) in [6.07, 6.45) is 6.64. The summed E-state index contributed by atoms with van der Waals surface area (Å²) in [4.78, 5) is 6.77. The Bertz CT molecular complexity index is 457. The third-order valence-corrected chi connectivity index (χ3v) is 3.97. The molecule has 3 heteroatoms. The average molecular weight is 243 g/mol. The van der Waals surface area contributed by atoms with Gasteiger partial charge in [0.2, 0.25) is 0 Å². The molecule has 0 bridgehead atoms. The van der Waals surface area contributed by atoms with Crippen molar-refractivity contribution in [3.05, 3.63) is 35.7 Å². The van der Waals surface area contributed by atoms with E-state index in [9.17, 15) is 0 Å². The van der Waals surface area contributed by atoms with E-state index >= 15 is 0 Å². The molecule has 3 nitrogen and oxygen atoms in total. The van der Waals surface area contributed by atoms with Crippen molar-refractivity contribution in [1.29, 1.82) is 0 Å². The number of piperazine rings is 1. The first-order valence-electron chi connectivity index (χ1n) is 6.87. The van der Waals surface area contributed by atoms with Gasteiger partial charge < -0.3 is 10.2 Å². The number of pyridine rings is 1. The van der Waals surface area contributed by atoms with Gasteiger partial charge in [0.25, 0.3) is 0 Å². The summed E-state index contributed by atoms with van der Waals surface area (Å²) in [5.74, 6) is 0.729. The molecule has 0 radical (unpaired) electrons. The van der Waals surface area contributed by atoms with Gasteiger partial charge in [0.1, 0.15) is 0 Å². The number of hydrogen-bond acceptors (Lipinski definition) is 3. The molecule has 0 unspecified atom stereocenters. The van der Waals surface area contributed by atoms with Crippen molar-refractivity contribution in [2.24, 2.45) is 0 Å². The van der Waals surface area contributed by atoms with Crippen LogP contribution in [0.15, 0.2) is 19.0 Å². The fraction of sp³-hybridized carbons (Fsp3) is 0.533. The quantitative estimate of drug-likeness (QED) is 0.881. The monoisotopic (exact) mass is 243 g/mol. The molecule has 2 heterocycles. The Morgan fingerprint density at radius 2 is 2.06 bits per heavy atom. The normalized spacial score (nSPS) is 19.9. The fourth-order valence-corrected chi connectivity index (χ4v) is 2.78. The molecule has 1 saturated carbocycles. The van der Waals surface area contributed by atoms with Crippen LogP contribution in [-0.4, -0.2) is 36.1 Å². The summed E-state index contributed by atoms with van der Waals surface area (Å²) in [5.41, 5.74) is 5.23. The molecule has 18 heavy (non-hydrogen) atoms. The smallest absolute Gasteiger partial charge is 0.0374 e. The first-order valence-corrected chi connectivity index (χ1v) is 6.87. The zero-order valence-corrected chi connectivity index (χ0v) is 11.1. The molecule has 1 aliphatic heterocycles. The first-order chi connectivity index (χ1) is 8.77. The van der Waals surface area contributed by atoms with Crippen LogP contribution in [0.2, 0.25) is 0 Å². The summed E-state index contributed by atoms with van der Waals surface area (Å²) in [6.45, 7) is 10.7. The van der Waals surface area contributed by atoms with E-state index in [0.29, 0.717) is 0 Å². The lowest BCUT2D eigenvalue weighted by molar-refractivity contribution is 0.341. The van der Waals surface area contributed by atoms with Crippen LogP contribution >= 0.6 is 0 Å². The molecule has 1 saturated heterocycles. The summed E-state index contributed by atoms with van der Waals surface area (Å²) in [7, 11) is 0. The molecule has 1 aromatic rings. The first kappa shape index (κ1) is 11.7. The zero-order chi connectivity index (χ0) is 12.5. The van der Waals surface area contributed by atoms with Gasteiger partial charge in [-0.1, -0.05) is 6.58 Å². The second-order valence-corrected chi connectivity index (χ2v) is 5.38. The molecule has 1 aliphatic carbocycles. The van der Waals surface area contributed by atoms with Crippen molar-refractivity contribution in [3.8, 4) is 0 Å². The maximum atomic E-state index is 4.36. The van der Waals surface area contributed by atoms with Crippen LogP contribution in [0.25, 0.3) is 5.70 Å². The molecule has 2 fully saturated rings. The Balaban J connectivity index is 1.92. The van der Waals surface area contributed by atoms with E-state index in [1.807, 2.05) is 12.4 Å². The molecule has 3 rings (SSSR count). The molecule has 0 atom stereocenters. The second kappa shape index (κ2) is 4.73. The van der Waals surface area contributed by atoms with Gasteiger partial charge in [0.15, 0.2) is 0 Å². The average Bonchev–Trinajstić information content (AvgIpc) is 3.23. The predicted octanol–water partition coefficient (Wildman–Crippen LogP) is 2.14. The Morgan fingerprint density at radius 1 is 1.33 bits per heavy atom. The predicted molar refractivity (Wildman–Crippen MR) is 74.4 cm³/mol. The minimum Gasteiger partial charge on any atom is -0.369 e. The van der Waals surface area contributed by atoms with Crippen molar-refractivity contribution in [3.63, 3.8) is 0 Å². The van der Waals surface area contributed by atoms with Crippen molar-refractivity contribution < 1.29 is 0 Å². The van der Waals surface area contributed by atoms with Crippen LogP contribution in [0, 0.1) is 6.92 Å². The number of nitrogens with one attached hydrogen (secondary N) is 1. The molecule has 2 aliphatic rings. The van der Waals surface area contributed by atoms with E-state index < -0.39 is 0 Å². The highest BCUT2D eigenvalue weighted by atomic mass is 15.2. The van der Waals surface area contributed by atoms with E-state index in [4.69, 9.17) is 0 Å². The van der Waals surface area contributed by atoms with Gasteiger partial charge in [0, 0.05) is 49.8 Å². The maximum absolute atomic E-state index is 4.36. The van der Waals surface area contributed by atoms with E-state index in [-0.39, 0.29) is 0 Å². The van der Waals surface area contributed by atoms with E-state index in [1.165, 1.54) is 35.2 Å². The van der Waals surface area contributed by atoms with Crippen molar-refractivity contribution in [2.75, 3.05) is 26.2 Å². The molecule has 0 aromatic carbocycles. The van der Waals surface area contributed by atoms with Crippen LogP contribution in [0.1, 0.15) is 35.4 Å². The summed E-state index contributed by atoms with van der Waals surface area (Å²) < 4.78 is 0. The molecule has 0 amide bonds. The van der Waals surface area contributed by atoms with Gasteiger partial charge in [-0.3, -0.25) is 4.98 Å². The van der Waals surface area contributed by atoms with E-state index in [0.717, 1.165) is 32.1 Å². The molecular formula is C15H21N3. The minimum absolute atomic E-state index is 0.729. The van der Waals surface area contributed by atoms with Crippen LogP contribution in [-0.2, 0) is 0 Å². The van der Waals surface area contributed by atoms with Gasteiger partial charge in [-0.25, -0.2) is 0 Å². The van der Waals surface area contributed by atoms with Crippen LogP contribution in [0.3, 0.4) is 0 Å². The van der Waals surface area contributed by atoms with Crippen molar-refractivity contribution >= 4 is 5.70 Å². The highest BCUT2D eigenvalue weighted by Gasteiger charge is 2.29. The van der Waals surface area contributed by atoms with E-state index in [2.05, 4.69) is 28.7 Å². The van der Waals surface area contributed by atoms with Crippen LogP contribution in [0.4, 0.5) is 0 Å². The number of hydrogen-bond donors (Lipinski definition) is 1. The highest BCUT2D eigenvalue weighted by molar-refractivity contribution is 5.68. The third-order valence-electron chi connectivity index (χ3n) is 3.97. The summed E-state index contributed by atoms with van der Waals surface area (Å²) >= 11 is 0. The van der Waals surface area contributed by atoms with Gasteiger partial charge in [-0.05, 0) is 36.8 Å². The van der Waals surface area contributed by atoms with Gasteiger partial charge in [-0.2, -0.15) is 0 Å². The lowest BCUT2D eigenvalue weighted by atomic mass is 9.98. The third kappa shape index (κ3) is 2.15. The molecule has 1 aromatic heterocycles. The molecular weight excluding hydrogens is 222 g/mol. The Kier molecular flexibility index (Phi) is 3.08. The lowest BCUT2D eigenvalue weighted by Gasteiger charge is -2.32. The molecule has 0 spiro atoms. The standard InChI is InChI=1S/C15H21N3/c1-11-9-17-10-14(13-3-4-13)15(11)12(2)18-7-5-16-6-8-18/h9-10,13,16H,2-8H2,1H3. The topological polar surface area (TPSA) is 28.2 Å². The summed E-state index contributed by atoms with van der Waals surface area (Å²) in [5, 5.41) is 3.39. The fourth-order valence-electron chi connectivity index (χ4n) is 2.78. The van der Waals surface area contributed by atoms with Crippen molar-refractivity contribution in [1.82, 2.24) is 15.2 Å². The Hall–Kier alpha value is -1.35. The number of aryl methyl sites for hydroxylation is 1. The number of nitrogens with zero attached hydrogens (tertiary/aromatic N) is 2. The maximum Gasteiger partial charge on any atom is 0.0374 e. The van der Waals surface area contributed by atoms with Crippen molar-refractivity contribution in [2.45, 2.75) is 25.7 Å². The van der Waals surface area contributed by atoms with Crippen LogP contribution < -0.4 is 5.32 Å². The second-order valence-electron chi connectivity index (χ2n) is 5.38. The molecule has 1 N–H and O–H groups in total. The minimum atomic E-state index is 0.729. The molecule has 96 valence electrons. The van der Waals surface area contributed by atoms with E-state index in [1.54, 1.807) is 0 Å². The summed E-state index contributed by atoms with van der Waals surface area (Å²) in [6, 6.07) is 0. The largest absolute Gasteiger partial charge is 0.369 e. The Morgan fingerprint density at radius 3 is 2.72 bits per heavy atom. The Labute approximate surface area is 109 Å². The highest BCUT2D eigenvalue weighted by Crippen LogP contribution is 2.43. The number of rotatable bonds is 3. The van der Waals surface area contributed by atoms with Crippen LogP contribution in [0.5, 0.6) is 0 Å². The lowest BCUT2D eigenvalue weighted by Crippen LogP contribution is -2.42. The SMILES string of the molecule is C=C(c1c(C)cncc1C1CC1)N1CCNCC1. The zero-order valence-electron chi connectivity index (χ0n) is 11.1. The van der Waals surface area contributed by atoms with Gasteiger partial charge in [-0.15, -0.1) is 0 Å². The number of aromatic nitrogens is 1. The van der Waals surface area contributed by atoms with Gasteiger partial charge >= 0.3 is 0 Å². The van der Waals surface area contributed by atoms with Gasteiger partial charge in [0.05, 0.1) is 0 Å².